The summed E-state index contributed by atoms with van der Waals surface area (Å²) in [7, 11) is 0. The number of amides is 2. The molecule has 19 heavy (non-hydrogen) atoms. The SMILES string of the molecule is O=C(O)C1CCCCCCN1C(=O)NCCC1CC1. The van der Waals surface area contributed by atoms with Gasteiger partial charge in [0.1, 0.15) is 6.04 Å². The highest BCUT2D eigenvalue weighted by Gasteiger charge is 2.30. The summed E-state index contributed by atoms with van der Waals surface area (Å²) in [6.07, 6.45) is 8.10. The summed E-state index contributed by atoms with van der Waals surface area (Å²) >= 11 is 0. The third-order valence-corrected chi connectivity index (χ3v) is 4.07. The van der Waals surface area contributed by atoms with E-state index in [0.717, 1.165) is 38.0 Å². The summed E-state index contributed by atoms with van der Waals surface area (Å²) in [4.78, 5) is 25.0. The number of likely N-dealkylation sites (tertiary alicyclic amines) is 1. The van der Waals surface area contributed by atoms with Crippen molar-refractivity contribution in [3.8, 4) is 0 Å². The predicted octanol–water partition coefficient (Wildman–Crippen LogP) is 2.22. The van der Waals surface area contributed by atoms with Crippen LogP contribution in [0.15, 0.2) is 0 Å². The monoisotopic (exact) mass is 268 g/mol. The molecule has 1 atom stereocenters. The van der Waals surface area contributed by atoms with Gasteiger partial charge in [-0.25, -0.2) is 9.59 Å². The topological polar surface area (TPSA) is 69.6 Å². The lowest BCUT2D eigenvalue weighted by atomic mass is 10.0. The van der Waals surface area contributed by atoms with Crippen LogP contribution >= 0.6 is 0 Å². The molecule has 2 aliphatic rings. The summed E-state index contributed by atoms with van der Waals surface area (Å²) in [5.41, 5.74) is 0. The molecular weight excluding hydrogens is 244 g/mol. The van der Waals surface area contributed by atoms with Gasteiger partial charge in [0, 0.05) is 13.1 Å². The molecule has 2 N–H and O–H groups in total. The molecule has 1 saturated carbocycles. The summed E-state index contributed by atoms with van der Waals surface area (Å²) in [5, 5.41) is 12.2. The number of aliphatic carboxylic acids is 1. The molecule has 0 aromatic rings. The van der Waals surface area contributed by atoms with E-state index in [1.165, 1.54) is 17.7 Å². The van der Waals surface area contributed by atoms with E-state index in [-0.39, 0.29) is 6.03 Å². The quantitative estimate of drug-likeness (QED) is 0.821. The van der Waals surface area contributed by atoms with Crippen molar-refractivity contribution < 1.29 is 14.7 Å². The second-order valence-electron chi connectivity index (χ2n) is 5.71. The van der Waals surface area contributed by atoms with Crippen LogP contribution in [0, 0.1) is 5.92 Å². The third kappa shape index (κ3) is 4.40. The molecule has 0 radical (unpaired) electrons. The molecule has 0 aromatic heterocycles. The van der Waals surface area contributed by atoms with E-state index in [0.29, 0.717) is 19.5 Å². The number of nitrogens with one attached hydrogen (secondary N) is 1. The number of carbonyl (C=O) groups is 2. The zero-order valence-corrected chi connectivity index (χ0v) is 11.4. The Morgan fingerprint density at radius 3 is 2.53 bits per heavy atom. The van der Waals surface area contributed by atoms with E-state index in [9.17, 15) is 14.7 Å². The highest BCUT2D eigenvalue weighted by molar-refractivity contribution is 5.82. The standard InChI is InChI=1S/C14H24N2O3/c17-13(18)12-5-3-1-2-4-10-16(12)14(19)15-9-8-11-6-7-11/h11-12H,1-10H2,(H,15,19)(H,17,18). The second-order valence-corrected chi connectivity index (χ2v) is 5.71. The number of carboxylic acids is 1. The molecule has 0 aromatic carbocycles. The molecule has 0 bridgehead atoms. The Hall–Kier alpha value is -1.26. The Morgan fingerprint density at radius 1 is 1.11 bits per heavy atom. The number of rotatable bonds is 4. The number of carbonyl (C=O) groups excluding carboxylic acids is 1. The first-order valence-electron chi connectivity index (χ1n) is 7.46. The molecule has 108 valence electrons. The number of hydrogen-bond acceptors (Lipinski definition) is 2. The van der Waals surface area contributed by atoms with Gasteiger partial charge in [-0.3, -0.25) is 0 Å². The van der Waals surface area contributed by atoms with Crippen LogP contribution in [0.25, 0.3) is 0 Å². The fourth-order valence-electron chi connectivity index (χ4n) is 2.68. The van der Waals surface area contributed by atoms with Gasteiger partial charge >= 0.3 is 12.0 Å². The molecule has 1 saturated heterocycles. The molecule has 1 aliphatic carbocycles. The van der Waals surface area contributed by atoms with E-state index >= 15 is 0 Å². The van der Waals surface area contributed by atoms with Crippen molar-refractivity contribution in [3.05, 3.63) is 0 Å². The predicted molar refractivity (Wildman–Crippen MR) is 72.0 cm³/mol. The van der Waals surface area contributed by atoms with E-state index in [4.69, 9.17) is 0 Å². The first-order valence-corrected chi connectivity index (χ1v) is 7.46. The first-order chi connectivity index (χ1) is 9.18. The molecule has 5 nitrogen and oxygen atoms in total. The second kappa shape index (κ2) is 6.78. The van der Waals surface area contributed by atoms with Crippen molar-refractivity contribution in [1.82, 2.24) is 10.2 Å². The van der Waals surface area contributed by atoms with Crippen LogP contribution in [0.4, 0.5) is 4.79 Å². The molecule has 1 aliphatic heterocycles. The number of urea groups is 1. The van der Waals surface area contributed by atoms with Gasteiger partial charge in [0.2, 0.25) is 0 Å². The Kier molecular flexibility index (Phi) is 5.05. The van der Waals surface area contributed by atoms with Gasteiger partial charge in [-0.1, -0.05) is 32.1 Å². The van der Waals surface area contributed by atoms with Crippen LogP contribution in [-0.2, 0) is 4.79 Å². The summed E-state index contributed by atoms with van der Waals surface area (Å²) < 4.78 is 0. The molecule has 5 heteroatoms. The van der Waals surface area contributed by atoms with Crippen molar-refractivity contribution in [2.75, 3.05) is 13.1 Å². The lowest BCUT2D eigenvalue weighted by Gasteiger charge is -2.30. The first kappa shape index (κ1) is 14.2. The van der Waals surface area contributed by atoms with E-state index in [2.05, 4.69) is 5.32 Å². The van der Waals surface area contributed by atoms with Gasteiger partial charge in [0.15, 0.2) is 0 Å². The van der Waals surface area contributed by atoms with Gasteiger partial charge in [-0.2, -0.15) is 0 Å². The molecule has 1 heterocycles. The van der Waals surface area contributed by atoms with E-state index < -0.39 is 12.0 Å². The minimum atomic E-state index is -0.876. The smallest absolute Gasteiger partial charge is 0.326 e. The Bertz CT molecular complexity index is 329. The van der Waals surface area contributed by atoms with Gasteiger partial charge in [0.25, 0.3) is 0 Å². The van der Waals surface area contributed by atoms with Crippen LogP contribution in [0.3, 0.4) is 0 Å². The maximum absolute atomic E-state index is 12.1. The zero-order chi connectivity index (χ0) is 13.7. The minimum absolute atomic E-state index is 0.199. The number of hydrogen-bond donors (Lipinski definition) is 2. The van der Waals surface area contributed by atoms with Crippen LogP contribution in [0.2, 0.25) is 0 Å². The molecule has 2 amide bonds. The van der Waals surface area contributed by atoms with Gasteiger partial charge in [-0.05, 0) is 25.2 Å². The molecule has 1 unspecified atom stereocenters. The van der Waals surface area contributed by atoms with Crippen LogP contribution < -0.4 is 5.32 Å². The summed E-state index contributed by atoms with van der Waals surface area (Å²) in [6.45, 7) is 1.23. The summed E-state index contributed by atoms with van der Waals surface area (Å²) in [6, 6.07) is -0.851. The third-order valence-electron chi connectivity index (χ3n) is 4.07. The van der Waals surface area contributed by atoms with Gasteiger partial charge < -0.3 is 15.3 Å². The molecule has 2 fully saturated rings. The van der Waals surface area contributed by atoms with E-state index in [1.54, 1.807) is 0 Å². The van der Waals surface area contributed by atoms with Crippen LogP contribution in [0.1, 0.15) is 51.4 Å². The normalized spacial score (nSPS) is 24.4. The van der Waals surface area contributed by atoms with Crippen LogP contribution in [0.5, 0.6) is 0 Å². The average molecular weight is 268 g/mol. The highest BCUT2D eigenvalue weighted by Crippen LogP contribution is 2.31. The van der Waals surface area contributed by atoms with Crippen LogP contribution in [-0.4, -0.2) is 41.1 Å². The number of carboxylic acid groups (broad SMARTS) is 1. The van der Waals surface area contributed by atoms with E-state index in [1.807, 2.05) is 0 Å². The fourth-order valence-corrected chi connectivity index (χ4v) is 2.68. The van der Waals surface area contributed by atoms with Crippen molar-refractivity contribution in [2.45, 2.75) is 57.4 Å². The largest absolute Gasteiger partial charge is 0.480 e. The maximum Gasteiger partial charge on any atom is 0.326 e. The molecular formula is C14H24N2O3. The van der Waals surface area contributed by atoms with Gasteiger partial charge in [-0.15, -0.1) is 0 Å². The Morgan fingerprint density at radius 2 is 1.84 bits per heavy atom. The lowest BCUT2D eigenvalue weighted by Crippen LogP contribution is -2.50. The Labute approximate surface area is 114 Å². The Balaban J connectivity index is 1.86. The molecule has 0 spiro atoms. The molecule has 2 rings (SSSR count). The van der Waals surface area contributed by atoms with Crippen molar-refractivity contribution in [3.63, 3.8) is 0 Å². The van der Waals surface area contributed by atoms with Crippen molar-refractivity contribution >= 4 is 12.0 Å². The fraction of sp³-hybridized carbons (Fsp3) is 0.857. The van der Waals surface area contributed by atoms with Crippen molar-refractivity contribution in [1.29, 1.82) is 0 Å². The minimum Gasteiger partial charge on any atom is -0.480 e. The highest BCUT2D eigenvalue weighted by atomic mass is 16.4. The van der Waals surface area contributed by atoms with Gasteiger partial charge in [0.05, 0.1) is 0 Å². The summed E-state index contributed by atoms with van der Waals surface area (Å²) in [5.74, 6) is -0.0952. The number of nitrogens with zero attached hydrogens (tertiary/aromatic N) is 1. The zero-order valence-electron chi connectivity index (χ0n) is 11.4. The lowest BCUT2D eigenvalue weighted by molar-refractivity contribution is -0.142. The maximum atomic E-state index is 12.1. The average Bonchev–Trinajstić information content (AvgIpc) is 3.12. The van der Waals surface area contributed by atoms with Crippen molar-refractivity contribution in [2.24, 2.45) is 5.92 Å².